The van der Waals surface area contributed by atoms with E-state index in [2.05, 4.69) is 5.32 Å². The van der Waals surface area contributed by atoms with Crippen molar-refractivity contribution >= 4 is 12.0 Å². The van der Waals surface area contributed by atoms with Crippen LogP contribution in [0.5, 0.6) is 0 Å². The maximum atomic E-state index is 11.8. The normalized spacial score (nSPS) is 12.3. The number of benzene rings is 2. The molecule has 2 heteroatoms. The van der Waals surface area contributed by atoms with Gasteiger partial charge in [-0.05, 0) is 24.1 Å². The molecule has 1 N–H and O–H groups in total. The van der Waals surface area contributed by atoms with Gasteiger partial charge in [0.05, 0.1) is 6.04 Å². The number of carbonyl (C=O) groups is 1. The van der Waals surface area contributed by atoms with Crippen molar-refractivity contribution < 1.29 is 4.79 Å². The molecule has 0 heterocycles. The van der Waals surface area contributed by atoms with Gasteiger partial charge in [0.25, 0.3) is 0 Å². The highest BCUT2D eigenvalue weighted by Crippen LogP contribution is 2.11. The Morgan fingerprint density at radius 3 is 2.21 bits per heavy atom. The SMILES string of the molecule is C[C@H](NC(=O)/C=C/c1ccccc1)c1ccccc1. The number of amides is 1. The predicted molar refractivity (Wildman–Crippen MR) is 78.5 cm³/mol. The van der Waals surface area contributed by atoms with Gasteiger partial charge >= 0.3 is 0 Å². The lowest BCUT2D eigenvalue weighted by molar-refractivity contribution is -0.117. The van der Waals surface area contributed by atoms with Crippen molar-refractivity contribution in [2.75, 3.05) is 0 Å². The highest BCUT2D eigenvalue weighted by molar-refractivity contribution is 5.91. The molecule has 2 aromatic rings. The first-order valence-electron chi connectivity index (χ1n) is 6.34. The zero-order valence-electron chi connectivity index (χ0n) is 10.9. The van der Waals surface area contributed by atoms with Crippen LogP contribution in [0.25, 0.3) is 6.08 Å². The summed E-state index contributed by atoms with van der Waals surface area (Å²) in [7, 11) is 0. The van der Waals surface area contributed by atoms with Gasteiger partial charge in [0.2, 0.25) is 5.91 Å². The maximum absolute atomic E-state index is 11.8. The van der Waals surface area contributed by atoms with E-state index in [0.29, 0.717) is 0 Å². The fraction of sp³-hybridized carbons (Fsp3) is 0.118. The number of hydrogen-bond acceptors (Lipinski definition) is 1. The number of rotatable bonds is 4. The van der Waals surface area contributed by atoms with Crippen LogP contribution >= 0.6 is 0 Å². The standard InChI is InChI=1S/C17H17NO/c1-14(16-10-6-3-7-11-16)18-17(19)13-12-15-8-4-2-5-9-15/h2-14H,1H3,(H,18,19)/b13-12+/t14-/m0/s1. The third-order valence-electron chi connectivity index (χ3n) is 2.89. The van der Waals surface area contributed by atoms with Crippen LogP contribution < -0.4 is 5.32 Å². The quantitative estimate of drug-likeness (QED) is 0.827. The Bertz CT molecular complexity index is 546. The molecule has 0 spiro atoms. The lowest BCUT2D eigenvalue weighted by Crippen LogP contribution is -2.24. The minimum Gasteiger partial charge on any atom is -0.346 e. The van der Waals surface area contributed by atoms with Gasteiger partial charge in [-0.25, -0.2) is 0 Å². The molecule has 0 aliphatic rings. The third-order valence-corrected chi connectivity index (χ3v) is 2.89. The Hall–Kier alpha value is -2.35. The molecule has 0 radical (unpaired) electrons. The van der Waals surface area contributed by atoms with Crippen LogP contribution in [0.4, 0.5) is 0 Å². The maximum Gasteiger partial charge on any atom is 0.244 e. The lowest BCUT2D eigenvalue weighted by atomic mass is 10.1. The molecule has 96 valence electrons. The van der Waals surface area contributed by atoms with Crippen molar-refractivity contribution in [1.82, 2.24) is 5.32 Å². The molecule has 0 aromatic heterocycles. The summed E-state index contributed by atoms with van der Waals surface area (Å²) in [5.41, 5.74) is 2.12. The second-order valence-corrected chi connectivity index (χ2v) is 4.38. The molecule has 0 bridgehead atoms. The van der Waals surface area contributed by atoms with Crippen molar-refractivity contribution in [3.05, 3.63) is 77.9 Å². The molecule has 0 aliphatic heterocycles. The van der Waals surface area contributed by atoms with Gasteiger partial charge in [-0.2, -0.15) is 0 Å². The average molecular weight is 251 g/mol. The molecule has 2 aromatic carbocycles. The first-order chi connectivity index (χ1) is 9.25. The van der Waals surface area contributed by atoms with Crippen LogP contribution in [0.15, 0.2) is 66.7 Å². The van der Waals surface area contributed by atoms with E-state index >= 15 is 0 Å². The minimum absolute atomic E-state index is 0.00845. The Labute approximate surface area is 113 Å². The van der Waals surface area contributed by atoms with Gasteiger partial charge in [0, 0.05) is 6.08 Å². The van der Waals surface area contributed by atoms with Crippen LogP contribution in [0, 0.1) is 0 Å². The molecule has 0 fully saturated rings. The van der Waals surface area contributed by atoms with E-state index in [1.807, 2.05) is 73.7 Å². The summed E-state index contributed by atoms with van der Waals surface area (Å²) in [6.07, 6.45) is 3.38. The van der Waals surface area contributed by atoms with Gasteiger partial charge in [0.15, 0.2) is 0 Å². The fourth-order valence-electron chi connectivity index (χ4n) is 1.82. The van der Waals surface area contributed by atoms with E-state index in [1.165, 1.54) is 0 Å². The summed E-state index contributed by atoms with van der Waals surface area (Å²) in [4.78, 5) is 11.8. The predicted octanol–water partition coefficient (Wildman–Crippen LogP) is 3.58. The van der Waals surface area contributed by atoms with Gasteiger partial charge in [-0.3, -0.25) is 4.79 Å². The highest BCUT2D eigenvalue weighted by Gasteiger charge is 2.06. The van der Waals surface area contributed by atoms with Gasteiger partial charge < -0.3 is 5.32 Å². The monoisotopic (exact) mass is 251 g/mol. The molecular formula is C17H17NO. The van der Waals surface area contributed by atoms with E-state index in [0.717, 1.165) is 11.1 Å². The number of hydrogen-bond donors (Lipinski definition) is 1. The first-order valence-corrected chi connectivity index (χ1v) is 6.34. The first kappa shape index (κ1) is 13.1. The second kappa shape index (κ2) is 6.55. The lowest BCUT2D eigenvalue weighted by Gasteiger charge is -2.12. The molecule has 19 heavy (non-hydrogen) atoms. The zero-order valence-corrected chi connectivity index (χ0v) is 10.9. The summed E-state index contributed by atoms with van der Waals surface area (Å²) in [5, 5.41) is 2.94. The Morgan fingerprint density at radius 2 is 1.58 bits per heavy atom. The molecular weight excluding hydrogens is 234 g/mol. The van der Waals surface area contributed by atoms with Crippen LogP contribution in [0.1, 0.15) is 24.1 Å². The molecule has 0 aliphatic carbocycles. The molecule has 1 amide bonds. The summed E-state index contributed by atoms with van der Waals surface area (Å²) in [6.45, 7) is 1.98. The summed E-state index contributed by atoms with van der Waals surface area (Å²) in [5.74, 6) is -0.0831. The number of carbonyl (C=O) groups excluding carboxylic acids is 1. The van der Waals surface area contributed by atoms with Gasteiger partial charge in [-0.15, -0.1) is 0 Å². The summed E-state index contributed by atoms with van der Waals surface area (Å²) in [6, 6.07) is 19.7. The molecule has 0 saturated carbocycles. The number of nitrogens with one attached hydrogen (secondary N) is 1. The second-order valence-electron chi connectivity index (χ2n) is 4.38. The largest absolute Gasteiger partial charge is 0.346 e. The Morgan fingerprint density at radius 1 is 1.00 bits per heavy atom. The third kappa shape index (κ3) is 4.11. The fourth-order valence-corrected chi connectivity index (χ4v) is 1.82. The van der Waals surface area contributed by atoms with Crippen LogP contribution in [-0.4, -0.2) is 5.91 Å². The van der Waals surface area contributed by atoms with Crippen molar-refractivity contribution in [2.45, 2.75) is 13.0 Å². The van der Waals surface area contributed by atoms with Gasteiger partial charge in [-0.1, -0.05) is 60.7 Å². The van der Waals surface area contributed by atoms with E-state index in [4.69, 9.17) is 0 Å². The summed E-state index contributed by atoms with van der Waals surface area (Å²) < 4.78 is 0. The van der Waals surface area contributed by atoms with Crippen molar-refractivity contribution in [1.29, 1.82) is 0 Å². The summed E-state index contributed by atoms with van der Waals surface area (Å²) >= 11 is 0. The molecule has 2 rings (SSSR count). The smallest absolute Gasteiger partial charge is 0.244 e. The highest BCUT2D eigenvalue weighted by atomic mass is 16.1. The Balaban J connectivity index is 1.93. The molecule has 0 saturated heterocycles. The Kier molecular flexibility index (Phi) is 4.51. The van der Waals surface area contributed by atoms with E-state index in [9.17, 15) is 4.79 Å². The zero-order chi connectivity index (χ0) is 13.5. The minimum atomic E-state index is -0.0831. The molecule has 2 nitrogen and oxygen atoms in total. The van der Waals surface area contributed by atoms with Crippen molar-refractivity contribution in [3.8, 4) is 0 Å². The average Bonchev–Trinajstić information content (AvgIpc) is 2.47. The van der Waals surface area contributed by atoms with Gasteiger partial charge in [0.1, 0.15) is 0 Å². The van der Waals surface area contributed by atoms with Crippen LogP contribution in [-0.2, 0) is 4.79 Å². The molecule has 1 atom stereocenters. The molecule has 0 unspecified atom stereocenters. The van der Waals surface area contributed by atoms with E-state index < -0.39 is 0 Å². The van der Waals surface area contributed by atoms with Crippen LogP contribution in [0.3, 0.4) is 0 Å². The van der Waals surface area contributed by atoms with Crippen molar-refractivity contribution in [2.24, 2.45) is 0 Å². The van der Waals surface area contributed by atoms with Crippen molar-refractivity contribution in [3.63, 3.8) is 0 Å². The van der Waals surface area contributed by atoms with E-state index in [-0.39, 0.29) is 11.9 Å². The topological polar surface area (TPSA) is 29.1 Å². The van der Waals surface area contributed by atoms with E-state index in [1.54, 1.807) is 6.08 Å². The van der Waals surface area contributed by atoms with Crippen LogP contribution in [0.2, 0.25) is 0 Å².